The maximum atomic E-state index is 5.92. The summed E-state index contributed by atoms with van der Waals surface area (Å²) in [5, 5.41) is 9.76. The summed E-state index contributed by atoms with van der Waals surface area (Å²) >= 11 is 1.68. The van der Waals surface area contributed by atoms with Crippen molar-refractivity contribution in [3.63, 3.8) is 0 Å². The van der Waals surface area contributed by atoms with E-state index in [9.17, 15) is 0 Å². The number of rotatable bonds is 5. The average Bonchev–Trinajstić information content (AvgIpc) is 3.03. The van der Waals surface area contributed by atoms with Crippen molar-refractivity contribution in [1.29, 1.82) is 0 Å². The number of aliphatic imine (C=N–C) groups is 1. The lowest BCUT2D eigenvalue weighted by Gasteiger charge is -2.27. The lowest BCUT2D eigenvalue weighted by Crippen LogP contribution is -2.45. The molecule has 3 rings (SSSR count). The molecule has 24 heavy (non-hydrogen) atoms. The van der Waals surface area contributed by atoms with Gasteiger partial charge in [-0.2, -0.15) is 0 Å². The zero-order valence-electron chi connectivity index (χ0n) is 13.9. The van der Waals surface area contributed by atoms with Gasteiger partial charge in [-0.25, -0.2) is 4.98 Å². The zero-order chi connectivity index (χ0) is 16.8. The van der Waals surface area contributed by atoms with E-state index in [0.717, 1.165) is 41.1 Å². The highest BCUT2D eigenvalue weighted by atomic mass is 32.1. The summed E-state index contributed by atoms with van der Waals surface area (Å²) in [5.74, 6) is 2.34. The molecule has 1 aromatic carbocycles. The number of nitrogens with one attached hydrogen (secondary N) is 2. The third-order valence-electron chi connectivity index (χ3n) is 3.63. The molecule has 1 aliphatic rings. The van der Waals surface area contributed by atoms with E-state index in [2.05, 4.69) is 26.0 Å². The monoisotopic (exact) mass is 346 g/mol. The molecular formula is C17H22N4O2S. The highest BCUT2D eigenvalue weighted by Gasteiger charge is 2.20. The van der Waals surface area contributed by atoms with Gasteiger partial charge in [0, 0.05) is 25.4 Å². The van der Waals surface area contributed by atoms with Crippen LogP contribution >= 0.6 is 11.3 Å². The van der Waals surface area contributed by atoms with Crippen LogP contribution in [0.4, 0.5) is 0 Å². The van der Waals surface area contributed by atoms with Gasteiger partial charge in [-0.15, -0.1) is 11.3 Å². The fraction of sp³-hybridized carbons (Fsp3) is 0.412. The van der Waals surface area contributed by atoms with Crippen molar-refractivity contribution in [2.24, 2.45) is 4.99 Å². The number of aromatic nitrogens is 1. The van der Waals surface area contributed by atoms with Crippen LogP contribution in [0.2, 0.25) is 0 Å². The number of fused-ring (bicyclic) bond motifs is 1. The third kappa shape index (κ3) is 4.38. The maximum absolute atomic E-state index is 5.92. The Kier molecular flexibility index (Phi) is 5.53. The summed E-state index contributed by atoms with van der Waals surface area (Å²) in [4.78, 5) is 8.69. The van der Waals surface area contributed by atoms with Gasteiger partial charge in [-0.1, -0.05) is 12.1 Å². The molecule has 2 N–H and O–H groups in total. The molecule has 0 radical (unpaired) electrons. The Labute approximate surface area is 145 Å². The number of guanidine groups is 1. The van der Waals surface area contributed by atoms with Crippen LogP contribution in [-0.4, -0.2) is 43.8 Å². The van der Waals surface area contributed by atoms with E-state index in [1.165, 1.54) is 0 Å². The van der Waals surface area contributed by atoms with Gasteiger partial charge in [0.25, 0.3) is 0 Å². The highest BCUT2D eigenvalue weighted by molar-refractivity contribution is 7.09. The van der Waals surface area contributed by atoms with Crippen molar-refractivity contribution in [2.75, 3.05) is 26.7 Å². The lowest BCUT2D eigenvalue weighted by molar-refractivity contribution is 0.0936. The number of hydrogen-bond acceptors (Lipinski definition) is 5. The largest absolute Gasteiger partial charge is 0.486 e. The molecule has 0 fully saturated rings. The number of thiazole rings is 1. The fourth-order valence-corrected chi connectivity index (χ4v) is 3.07. The Morgan fingerprint density at radius 2 is 2.17 bits per heavy atom. The maximum Gasteiger partial charge on any atom is 0.191 e. The molecule has 128 valence electrons. The molecule has 7 heteroatoms. The summed E-state index contributed by atoms with van der Waals surface area (Å²) in [6.45, 7) is 3.96. The van der Waals surface area contributed by atoms with Crippen molar-refractivity contribution in [1.82, 2.24) is 15.6 Å². The standard InChI is InChI=1S/C17H22N4O2S/c1-12-21-13(11-24-12)7-8-19-17(18-2)20-9-14-10-22-15-5-3-4-6-16(15)23-14/h3-6,11,14H,7-10H2,1-2H3,(H2,18,19,20). The number of para-hydroxylation sites is 2. The molecular weight excluding hydrogens is 324 g/mol. The average molecular weight is 346 g/mol. The Hall–Kier alpha value is -2.28. The van der Waals surface area contributed by atoms with Crippen LogP contribution in [0, 0.1) is 6.92 Å². The summed E-state index contributed by atoms with van der Waals surface area (Å²) in [6, 6.07) is 7.72. The van der Waals surface area contributed by atoms with Crippen molar-refractivity contribution in [3.05, 3.63) is 40.3 Å². The predicted octanol–water partition coefficient (Wildman–Crippen LogP) is 2.00. The van der Waals surface area contributed by atoms with Crippen molar-refractivity contribution >= 4 is 17.3 Å². The van der Waals surface area contributed by atoms with Gasteiger partial charge in [0.1, 0.15) is 12.7 Å². The second-order valence-corrected chi connectivity index (χ2v) is 6.55. The molecule has 0 spiro atoms. The molecule has 1 aliphatic heterocycles. The fourth-order valence-electron chi connectivity index (χ4n) is 2.43. The van der Waals surface area contributed by atoms with Crippen LogP contribution in [0.15, 0.2) is 34.6 Å². The van der Waals surface area contributed by atoms with Crippen molar-refractivity contribution < 1.29 is 9.47 Å². The molecule has 2 aromatic rings. The van der Waals surface area contributed by atoms with Crippen LogP contribution < -0.4 is 20.1 Å². The number of benzene rings is 1. The smallest absolute Gasteiger partial charge is 0.191 e. The van der Waals surface area contributed by atoms with Crippen LogP contribution in [0.25, 0.3) is 0 Å². The van der Waals surface area contributed by atoms with Gasteiger partial charge in [-0.3, -0.25) is 4.99 Å². The van der Waals surface area contributed by atoms with E-state index in [1.54, 1.807) is 18.4 Å². The SMILES string of the molecule is CN=C(NCCc1csc(C)n1)NCC1COc2ccccc2O1. The van der Waals surface area contributed by atoms with Crippen LogP contribution in [-0.2, 0) is 6.42 Å². The molecule has 0 saturated carbocycles. The summed E-state index contributed by atoms with van der Waals surface area (Å²) in [7, 11) is 1.76. The Bertz CT molecular complexity index is 701. The number of aryl methyl sites for hydroxylation is 1. The molecule has 1 aromatic heterocycles. The predicted molar refractivity (Wildman–Crippen MR) is 96.3 cm³/mol. The molecule has 0 amide bonds. The lowest BCUT2D eigenvalue weighted by atomic mass is 10.2. The minimum Gasteiger partial charge on any atom is -0.486 e. The Morgan fingerprint density at radius 3 is 2.92 bits per heavy atom. The Morgan fingerprint density at radius 1 is 1.33 bits per heavy atom. The van der Waals surface area contributed by atoms with E-state index >= 15 is 0 Å². The first kappa shape index (κ1) is 16.6. The topological polar surface area (TPSA) is 67.8 Å². The minimum absolute atomic E-state index is 0.0420. The second-order valence-electron chi connectivity index (χ2n) is 5.49. The zero-order valence-corrected chi connectivity index (χ0v) is 14.7. The third-order valence-corrected chi connectivity index (χ3v) is 4.45. The molecule has 6 nitrogen and oxygen atoms in total. The van der Waals surface area contributed by atoms with Crippen LogP contribution in [0.5, 0.6) is 11.5 Å². The molecule has 1 unspecified atom stereocenters. The van der Waals surface area contributed by atoms with Gasteiger partial charge in [-0.05, 0) is 19.1 Å². The van der Waals surface area contributed by atoms with E-state index in [4.69, 9.17) is 9.47 Å². The summed E-state index contributed by atoms with van der Waals surface area (Å²) in [5.41, 5.74) is 1.11. The first-order valence-electron chi connectivity index (χ1n) is 7.98. The molecule has 1 atom stereocenters. The summed E-state index contributed by atoms with van der Waals surface area (Å²) < 4.78 is 11.6. The number of ether oxygens (including phenoxy) is 2. The van der Waals surface area contributed by atoms with Crippen LogP contribution in [0.3, 0.4) is 0 Å². The van der Waals surface area contributed by atoms with Gasteiger partial charge in [0.2, 0.25) is 0 Å². The highest BCUT2D eigenvalue weighted by Crippen LogP contribution is 2.30. The molecule has 0 saturated heterocycles. The van der Waals surface area contributed by atoms with Crippen molar-refractivity contribution in [2.45, 2.75) is 19.4 Å². The first-order valence-corrected chi connectivity index (χ1v) is 8.86. The van der Waals surface area contributed by atoms with Crippen molar-refractivity contribution in [3.8, 4) is 11.5 Å². The van der Waals surface area contributed by atoms with Gasteiger partial charge in [0.15, 0.2) is 17.5 Å². The van der Waals surface area contributed by atoms with E-state index < -0.39 is 0 Å². The molecule has 2 heterocycles. The number of nitrogens with zero attached hydrogens (tertiary/aromatic N) is 2. The number of hydrogen-bond donors (Lipinski definition) is 2. The van der Waals surface area contributed by atoms with E-state index in [-0.39, 0.29) is 6.10 Å². The summed E-state index contributed by atoms with van der Waals surface area (Å²) in [6.07, 6.45) is 0.834. The second kappa shape index (κ2) is 8.01. The van der Waals surface area contributed by atoms with Gasteiger partial charge in [0.05, 0.1) is 17.2 Å². The minimum atomic E-state index is -0.0420. The van der Waals surface area contributed by atoms with E-state index in [0.29, 0.717) is 13.2 Å². The quantitative estimate of drug-likeness (QED) is 0.640. The normalized spacial score (nSPS) is 16.8. The molecule has 0 aliphatic carbocycles. The van der Waals surface area contributed by atoms with Crippen LogP contribution in [0.1, 0.15) is 10.7 Å². The van der Waals surface area contributed by atoms with E-state index in [1.807, 2.05) is 31.2 Å². The molecule has 0 bridgehead atoms. The Balaban J connectivity index is 1.41. The first-order chi connectivity index (χ1) is 11.7. The van der Waals surface area contributed by atoms with Gasteiger partial charge < -0.3 is 20.1 Å². The van der Waals surface area contributed by atoms with Gasteiger partial charge >= 0.3 is 0 Å².